The van der Waals surface area contributed by atoms with Crippen molar-refractivity contribution in [2.24, 2.45) is 5.92 Å². The van der Waals surface area contributed by atoms with Crippen LogP contribution in [0.1, 0.15) is 19.8 Å². The van der Waals surface area contributed by atoms with E-state index < -0.39 is 0 Å². The number of hydrogen-bond acceptors (Lipinski definition) is 3. The molecule has 0 aromatic rings. The van der Waals surface area contributed by atoms with E-state index in [1.165, 1.54) is 7.11 Å². The van der Waals surface area contributed by atoms with Gasteiger partial charge in [-0.3, -0.25) is 9.69 Å². The number of likely N-dealkylation sites (tertiary alicyclic amines) is 1. The summed E-state index contributed by atoms with van der Waals surface area (Å²) in [5.41, 5.74) is 0. The molecule has 1 aliphatic rings. The first-order valence-corrected chi connectivity index (χ1v) is 5.13. The topological polar surface area (TPSA) is 29.5 Å². The van der Waals surface area contributed by atoms with E-state index in [-0.39, 0.29) is 11.9 Å². The Labute approximate surface area is 85.7 Å². The number of carbonyl (C=O) groups excluding carboxylic acids is 1. The zero-order valence-corrected chi connectivity index (χ0v) is 9.03. The van der Waals surface area contributed by atoms with E-state index in [1.54, 1.807) is 0 Å². The SMILES string of the molecule is C=CC(C)N1CCC[C@H](C(=O)OC)C1. The fourth-order valence-corrected chi connectivity index (χ4v) is 1.88. The Morgan fingerprint density at radius 2 is 2.43 bits per heavy atom. The molecule has 1 rings (SSSR count). The maximum atomic E-state index is 11.3. The van der Waals surface area contributed by atoms with Crippen LogP contribution in [0, 0.1) is 5.92 Å². The van der Waals surface area contributed by atoms with Crippen LogP contribution < -0.4 is 0 Å². The Morgan fingerprint density at radius 1 is 1.71 bits per heavy atom. The lowest BCUT2D eigenvalue weighted by Crippen LogP contribution is -2.43. The van der Waals surface area contributed by atoms with E-state index in [0.29, 0.717) is 6.04 Å². The fourth-order valence-electron chi connectivity index (χ4n) is 1.88. The first-order chi connectivity index (χ1) is 6.69. The van der Waals surface area contributed by atoms with Crippen LogP contribution in [0.2, 0.25) is 0 Å². The van der Waals surface area contributed by atoms with Crippen LogP contribution >= 0.6 is 0 Å². The minimum atomic E-state index is -0.0778. The molecule has 0 spiro atoms. The molecule has 1 aliphatic heterocycles. The van der Waals surface area contributed by atoms with E-state index in [0.717, 1.165) is 25.9 Å². The summed E-state index contributed by atoms with van der Waals surface area (Å²) < 4.78 is 4.76. The summed E-state index contributed by atoms with van der Waals surface area (Å²) in [7, 11) is 1.46. The molecule has 0 aromatic carbocycles. The average Bonchev–Trinajstić information content (AvgIpc) is 2.27. The second kappa shape index (κ2) is 5.15. The van der Waals surface area contributed by atoms with Crippen LogP contribution in [-0.4, -0.2) is 37.1 Å². The number of carbonyl (C=O) groups is 1. The molecular formula is C11H19NO2. The molecule has 80 valence electrons. The van der Waals surface area contributed by atoms with E-state index in [1.807, 2.05) is 6.08 Å². The Hall–Kier alpha value is -0.830. The fraction of sp³-hybridized carbons (Fsp3) is 0.727. The first kappa shape index (κ1) is 11.2. The minimum absolute atomic E-state index is 0.0520. The summed E-state index contributed by atoms with van der Waals surface area (Å²) in [5.74, 6) is -0.0258. The Bertz CT molecular complexity index is 215. The van der Waals surface area contributed by atoms with Crippen molar-refractivity contribution in [1.82, 2.24) is 4.90 Å². The van der Waals surface area contributed by atoms with Crippen molar-refractivity contribution in [1.29, 1.82) is 0 Å². The van der Waals surface area contributed by atoms with Crippen molar-refractivity contribution in [2.75, 3.05) is 20.2 Å². The molecule has 0 saturated carbocycles. The molecule has 14 heavy (non-hydrogen) atoms. The highest BCUT2D eigenvalue weighted by molar-refractivity contribution is 5.72. The maximum absolute atomic E-state index is 11.3. The summed E-state index contributed by atoms with van der Waals surface area (Å²) in [4.78, 5) is 13.6. The molecule has 0 amide bonds. The van der Waals surface area contributed by atoms with Crippen molar-refractivity contribution in [3.8, 4) is 0 Å². The van der Waals surface area contributed by atoms with Crippen molar-refractivity contribution < 1.29 is 9.53 Å². The number of rotatable bonds is 3. The zero-order valence-electron chi connectivity index (χ0n) is 9.03. The van der Waals surface area contributed by atoms with Gasteiger partial charge in [-0.2, -0.15) is 0 Å². The third kappa shape index (κ3) is 2.58. The lowest BCUT2D eigenvalue weighted by molar-refractivity contribution is -0.147. The molecule has 3 nitrogen and oxygen atoms in total. The van der Waals surface area contributed by atoms with Gasteiger partial charge in [-0.1, -0.05) is 6.08 Å². The van der Waals surface area contributed by atoms with E-state index in [2.05, 4.69) is 18.4 Å². The summed E-state index contributed by atoms with van der Waals surface area (Å²) in [6, 6.07) is 0.349. The lowest BCUT2D eigenvalue weighted by Gasteiger charge is -2.34. The van der Waals surface area contributed by atoms with Crippen LogP contribution in [0.25, 0.3) is 0 Å². The Morgan fingerprint density at radius 3 is 3.00 bits per heavy atom. The number of esters is 1. The van der Waals surface area contributed by atoms with Crippen LogP contribution in [0.15, 0.2) is 12.7 Å². The molecule has 0 radical (unpaired) electrons. The van der Waals surface area contributed by atoms with Crippen molar-refractivity contribution >= 4 is 5.97 Å². The van der Waals surface area contributed by atoms with Crippen molar-refractivity contribution in [3.63, 3.8) is 0 Å². The highest BCUT2D eigenvalue weighted by atomic mass is 16.5. The average molecular weight is 197 g/mol. The van der Waals surface area contributed by atoms with Gasteiger partial charge in [0.05, 0.1) is 13.0 Å². The summed E-state index contributed by atoms with van der Waals surface area (Å²) in [6.07, 6.45) is 3.94. The highest BCUT2D eigenvalue weighted by Gasteiger charge is 2.27. The highest BCUT2D eigenvalue weighted by Crippen LogP contribution is 2.19. The Balaban J connectivity index is 2.51. The zero-order chi connectivity index (χ0) is 10.6. The second-order valence-electron chi connectivity index (χ2n) is 3.83. The Kier molecular flexibility index (Phi) is 4.14. The molecule has 2 atom stereocenters. The maximum Gasteiger partial charge on any atom is 0.309 e. The van der Waals surface area contributed by atoms with Crippen LogP contribution in [0.3, 0.4) is 0 Å². The molecule has 1 saturated heterocycles. The monoisotopic (exact) mass is 197 g/mol. The third-order valence-electron chi connectivity index (χ3n) is 2.90. The number of ether oxygens (including phenoxy) is 1. The van der Waals surface area contributed by atoms with Gasteiger partial charge in [0.15, 0.2) is 0 Å². The number of nitrogens with zero attached hydrogens (tertiary/aromatic N) is 1. The molecule has 0 N–H and O–H groups in total. The molecule has 0 bridgehead atoms. The van der Waals surface area contributed by atoms with Gasteiger partial charge in [0.25, 0.3) is 0 Å². The van der Waals surface area contributed by atoms with Gasteiger partial charge < -0.3 is 4.74 Å². The van der Waals surface area contributed by atoms with Gasteiger partial charge in [-0.15, -0.1) is 6.58 Å². The normalized spacial score (nSPS) is 25.4. The predicted octanol–water partition coefficient (Wildman–Crippen LogP) is 1.45. The van der Waals surface area contributed by atoms with Gasteiger partial charge in [0, 0.05) is 12.6 Å². The molecule has 1 fully saturated rings. The second-order valence-corrected chi connectivity index (χ2v) is 3.83. The van der Waals surface area contributed by atoms with Crippen LogP contribution in [0.5, 0.6) is 0 Å². The smallest absolute Gasteiger partial charge is 0.309 e. The first-order valence-electron chi connectivity index (χ1n) is 5.13. The predicted molar refractivity (Wildman–Crippen MR) is 56.0 cm³/mol. The van der Waals surface area contributed by atoms with Crippen molar-refractivity contribution in [2.45, 2.75) is 25.8 Å². The molecule has 1 heterocycles. The molecule has 1 unspecified atom stereocenters. The van der Waals surface area contributed by atoms with Crippen molar-refractivity contribution in [3.05, 3.63) is 12.7 Å². The number of methoxy groups -OCH3 is 1. The largest absolute Gasteiger partial charge is 0.469 e. The quantitative estimate of drug-likeness (QED) is 0.506. The summed E-state index contributed by atoms with van der Waals surface area (Å²) in [5, 5.41) is 0. The van der Waals surface area contributed by atoms with Gasteiger partial charge >= 0.3 is 5.97 Å². The molecule has 0 aliphatic carbocycles. The van der Waals surface area contributed by atoms with Gasteiger partial charge in [-0.05, 0) is 26.3 Å². The van der Waals surface area contributed by atoms with E-state index in [9.17, 15) is 4.79 Å². The molecule has 0 aromatic heterocycles. The van der Waals surface area contributed by atoms with Gasteiger partial charge in [-0.25, -0.2) is 0 Å². The standard InChI is InChI=1S/C11H19NO2/c1-4-9(2)12-7-5-6-10(8-12)11(13)14-3/h4,9-10H,1,5-8H2,2-3H3/t9?,10-/m0/s1. The molecule has 3 heteroatoms. The summed E-state index contributed by atoms with van der Waals surface area (Å²) >= 11 is 0. The van der Waals surface area contributed by atoms with Crippen LogP contribution in [0.4, 0.5) is 0 Å². The minimum Gasteiger partial charge on any atom is -0.469 e. The third-order valence-corrected chi connectivity index (χ3v) is 2.90. The van der Waals surface area contributed by atoms with Gasteiger partial charge in [0.2, 0.25) is 0 Å². The van der Waals surface area contributed by atoms with E-state index in [4.69, 9.17) is 4.74 Å². The summed E-state index contributed by atoms with van der Waals surface area (Å²) in [6.45, 7) is 7.73. The van der Waals surface area contributed by atoms with Crippen LogP contribution in [-0.2, 0) is 9.53 Å². The lowest BCUT2D eigenvalue weighted by atomic mass is 9.97. The van der Waals surface area contributed by atoms with Gasteiger partial charge in [0.1, 0.15) is 0 Å². The molecular weight excluding hydrogens is 178 g/mol. The van der Waals surface area contributed by atoms with E-state index >= 15 is 0 Å². The number of hydrogen-bond donors (Lipinski definition) is 0. The number of piperidine rings is 1.